The summed E-state index contributed by atoms with van der Waals surface area (Å²) in [5.74, 6) is 0.872. The average Bonchev–Trinajstić information content (AvgIpc) is 2.54. The lowest BCUT2D eigenvalue weighted by molar-refractivity contribution is -0.123. The zero-order chi connectivity index (χ0) is 17.5. The fourth-order valence-corrected chi connectivity index (χ4v) is 3.07. The van der Waals surface area contributed by atoms with E-state index in [1.54, 1.807) is 31.4 Å². The first-order valence-corrected chi connectivity index (χ1v) is 8.69. The summed E-state index contributed by atoms with van der Waals surface area (Å²) >= 11 is 12.5. The molecule has 0 atom stereocenters. The number of nitrogens with zero attached hydrogens (tertiary/aromatic N) is 1. The molecule has 5 nitrogen and oxygen atoms in total. The molecule has 0 aliphatic rings. The van der Waals surface area contributed by atoms with Gasteiger partial charge in [-0.15, -0.1) is 0 Å². The summed E-state index contributed by atoms with van der Waals surface area (Å²) in [7, 11) is 1.59. The second-order valence-corrected chi connectivity index (χ2v) is 6.70. The van der Waals surface area contributed by atoms with Gasteiger partial charge >= 0.3 is 0 Å². The first-order valence-electron chi connectivity index (χ1n) is 6.73. The molecule has 126 valence electrons. The summed E-state index contributed by atoms with van der Waals surface area (Å²) in [5.41, 5.74) is 3.21. The molecule has 0 radical (unpaired) electrons. The van der Waals surface area contributed by atoms with Crippen LogP contribution in [0.4, 0.5) is 0 Å². The zero-order valence-corrected chi connectivity index (χ0v) is 16.5. The van der Waals surface area contributed by atoms with Crippen LogP contribution >= 0.6 is 43.5 Å². The molecule has 0 aliphatic heterocycles. The van der Waals surface area contributed by atoms with Gasteiger partial charge in [-0.1, -0.05) is 11.6 Å². The quantitative estimate of drug-likeness (QED) is 0.497. The van der Waals surface area contributed by atoms with Crippen LogP contribution in [0.5, 0.6) is 11.5 Å². The highest BCUT2D eigenvalue weighted by Crippen LogP contribution is 2.28. The summed E-state index contributed by atoms with van der Waals surface area (Å²) in [4.78, 5) is 11.7. The molecule has 0 aromatic heterocycles. The van der Waals surface area contributed by atoms with Crippen molar-refractivity contribution in [2.45, 2.75) is 0 Å². The van der Waals surface area contributed by atoms with Crippen LogP contribution in [0.25, 0.3) is 0 Å². The van der Waals surface area contributed by atoms with Crippen molar-refractivity contribution in [1.82, 2.24) is 5.43 Å². The zero-order valence-electron chi connectivity index (χ0n) is 12.6. The molecule has 0 saturated carbocycles. The SMILES string of the molecule is COc1ccc(/C=N\NC(=O)COc2ccc(Cl)cc2Br)cc1Br. The molecular formula is C16H13Br2ClN2O3. The number of hydrazone groups is 1. The van der Waals surface area contributed by atoms with Crippen molar-refractivity contribution in [3.8, 4) is 11.5 Å². The summed E-state index contributed by atoms with van der Waals surface area (Å²) in [5, 5.41) is 4.47. The highest BCUT2D eigenvalue weighted by atomic mass is 79.9. The number of carbonyl (C=O) groups excluding carboxylic acids is 1. The molecule has 0 bridgehead atoms. The first kappa shape index (κ1) is 18.8. The van der Waals surface area contributed by atoms with Crippen LogP contribution in [-0.4, -0.2) is 25.8 Å². The number of ether oxygens (including phenoxy) is 2. The standard InChI is InChI=1S/C16H13Br2ClN2O3/c1-23-14-4-2-10(6-12(14)17)8-20-21-16(22)9-24-15-5-3-11(19)7-13(15)18/h2-8H,9H2,1H3,(H,21,22)/b20-8-. The van der Waals surface area contributed by atoms with Gasteiger partial charge in [-0.3, -0.25) is 4.79 Å². The Hall–Kier alpha value is -1.57. The molecule has 24 heavy (non-hydrogen) atoms. The lowest BCUT2D eigenvalue weighted by Crippen LogP contribution is -2.24. The summed E-state index contributed by atoms with van der Waals surface area (Å²) in [6, 6.07) is 10.5. The summed E-state index contributed by atoms with van der Waals surface area (Å²) in [6.07, 6.45) is 1.53. The molecule has 1 N–H and O–H groups in total. The van der Waals surface area contributed by atoms with Gasteiger partial charge in [0.15, 0.2) is 6.61 Å². The van der Waals surface area contributed by atoms with E-state index in [0.29, 0.717) is 15.2 Å². The van der Waals surface area contributed by atoms with E-state index in [4.69, 9.17) is 21.1 Å². The van der Waals surface area contributed by atoms with Crippen LogP contribution in [0.3, 0.4) is 0 Å². The fourth-order valence-electron chi connectivity index (χ4n) is 1.71. The molecule has 2 aromatic rings. The van der Waals surface area contributed by atoms with E-state index in [9.17, 15) is 4.79 Å². The topological polar surface area (TPSA) is 59.9 Å². The third kappa shape index (κ3) is 5.51. The Balaban J connectivity index is 1.85. The number of benzene rings is 2. The van der Waals surface area contributed by atoms with Crippen molar-refractivity contribution in [3.63, 3.8) is 0 Å². The maximum Gasteiger partial charge on any atom is 0.277 e. The molecule has 1 amide bonds. The monoisotopic (exact) mass is 474 g/mol. The first-order chi connectivity index (χ1) is 11.5. The minimum atomic E-state index is -0.374. The van der Waals surface area contributed by atoms with Gasteiger partial charge in [-0.05, 0) is 73.8 Å². The molecular weight excluding hydrogens is 463 g/mol. The van der Waals surface area contributed by atoms with E-state index in [1.807, 2.05) is 12.1 Å². The molecule has 2 aromatic carbocycles. The van der Waals surface area contributed by atoms with Gasteiger partial charge < -0.3 is 9.47 Å². The summed E-state index contributed by atoms with van der Waals surface area (Å²) < 4.78 is 12.0. The third-order valence-electron chi connectivity index (χ3n) is 2.83. The van der Waals surface area contributed by atoms with Gasteiger partial charge in [-0.25, -0.2) is 5.43 Å². The van der Waals surface area contributed by atoms with Crippen molar-refractivity contribution in [2.24, 2.45) is 5.10 Å². The average molecular weight is 477 g/mol. The number of methoxy groups -OCH3 is 1. The molecule has 0 fully saturated rings. The lowest BCUT2D eigenvalue weighted by Gasteiger charge is -2.07. The molecule has 0 spiro atoms. The number of hydrogen-bond donors (Lipinski definition) is 1. The van der Waals surface area contributed by atoms with Crippen LogP contribution in [-0.2, 0) is 4.79 Å². The van der Waals surface area contributed by atoms with Crippen LogP contribution in [0.15, 0.2) is 50.4 Å². The molecule has 0 unspecified atom stereocenters. The fraction of sp³-hybridized carbons (Fsp3) is 0.125. The molecule has 8 heteroatoms. The predicted octanol–water partition coefficient (Wildman–Crippen LogP) is 4.40. The van der Waals surface area contributed by atoms with Crippen LogP contribution in [0.1, 0.15) is 5.56 Å². The number of rotatable bonds is 6. The Morgan fingerprint density at radius 3 is 2.58 bits per heavy atom. The number of carbonyl (C=O) groups is 1. The molecule has 0 aliphatic carbocycles. The number of hydrogen-bond acceptors (Lipinski definition) is 4. The van der Waals surface area contributed by atoms with Gasteiger partial charge in [-0.2, -0.15) is 5.10 Å². The molecule has 2 rings (SSSR count). The summed E-state index contributed by atoms with van der Waals surface area (Å²) in [6.45, 7) is -0.163. The van der Waals surface area contributed by atoms with E-state index in [0.717, 1.165) is 15.8 Å². The Bertz CT molecular complexity index is 769. The van der Waals surface area contributed by atoms with Crippen LogP contribution in [0, 0.1) is 0 Å². The number of amides is 1. The van der Waals surface area contributed by atoms with E-state index in [-0.39, 0.29) is 12.5 Å². The second kappa shape index (κ2) is 9.05. The highest BCUT2D eigenvalue weighted by molar-refractivity contribution is 9.10. The Morgan fingerprint density at radius 2 is 1.92 bits per heavy atom. The van der Waals surface area contributed by atoms with Gasteiger partial charge in [0.05, 0.1) is 22.3 Å². The maximum absolute atomic E-state index is 11.7. The number of halogens is 3. The minimum Gasteiger partial charge on any atom is -0.496 e. The van der Waals surface area contributed by atoms with E-state index >= 15 is 0 Å². The smallest absolute Gasteiger partial charge is 0.277 e. The predicted molar refractivity (Wildman–Crippen MR) is 101 cm³/mol. The minimum absolute atomic E-state index is 0.163. The lowest BCUT2D eigenvalue weighted by atomic mass is 10.2. The normalized spacial score (nSPS) is 10.7. The van der Waals surface area contributed by atoms with Crippen LogP contribution in [0.2, 0.25) is 5.02 Å². The van der Waals surface area contributed by atoms with Crippen molar-refractivity contribution < 1.29 is 14.3 Å². The van der Waals surface area contributed by atoms with E-state index in [1.165, 1.54) is 6.21 Å². The Labute approximate surface area is 161 Å². The largest absolute Gasteiger partial charge is 0.496 e. The Kier molecular flexibility index (Phi) is 7.08. The van der Waals surface area contributed by atoms with Crippen LogP contribution < -0.4 is 14.9 Å². The number of nitrogens with one attached hydrogen (secondary N) is 1. The highest BCUT2D eigenvalue weighted by Gasteiger charge is 2.05. The Morgan fingerprint density at radius 1 is 1.21 bits per heavy atom. The van der Waals surface area contributed by atoms with Gasteiger partial charge in [0.25, 0.3) is 5.91 Å². The van der Waals surface area contributed by atoms with Gasteiger partial charge in [0.1, 0.15) is 11.5 Å². The van der Waals surface area contributed by atoms with E-state index < -0.39 is 0 Å². The van der Waals surface area contributed by atoms with Crippen molar-refractivity contribution in [3.05, 3.63) is 55.9 Å². The van der Waals surface area contributed by atoms with Crippen molar-refractivity contribution in [1.29, 1.82) is 0 Å². The van der Waals surface area contributed by atoms with Gasteiger partial charge in [0.2, 0.25) is 0 Å². The second-order valence-electron chi connectivity index (χ2n) is 4.55. The van der Waals surface area contributed by atoms with Gasteiger partial charge in [0, 0.05) is 5.02 Å². The third-order valence-corrected chi connectivity index (χ3v) is 4.31. The van der Waals surface area contributed by atoms with Crippen molar-refractivity contribution in [2.75, 3.05) is 13.7 Å². The molecule has 0 saturated heterocycles. The molecule has 0 heterocycles. The van der Waals surface area contributed by atoms with E-state index in [2.05, 4.69) is 42.4 Å². The maximum atomic E-state index is 11.7. The van der Waals surface area contributed by atoms with Crippen molar-refractivity contribution >= 4 is 55.6 Å².